The molecule has 0 aliphatic carbocycles. The average molecular weight is 262 g/mol. The van der Waals surface area contributed by atoms with Gasteiger partial charge in [0.1, 0.15) is 0 Å². The minimum Gasteiger partial charge on any atom is -0.350 e. The van der Waals surface area contributed by atoms with Crippen LogP contribution in [0.3, 0.4) is 0 Å². The Morgan fingerprint density at radius 3 is 2.37 bits per heavy atom. The summed E-state index contributed by atoms with van der Waals surface area (Å²) in [6.45, 7) is 8.40. The van der Waals surface area contributed by atoms with Crippen LogP contribution in [0.1, 0.15) is 52.1 Å². The van der Waals surface area contributed by atoms with Crippen molar-refractivity contribution < 1.29 is 4.79 Å². The van der Waals surface area contributed by atoms with Gasteiger partial charge in [-0.25, -0.2) is 0 Å². The minimum absolute atomic E-state index is 0.0214. The fourth-order valence-corrected chi connectivity index (χ4v) is 2.22. The van der Waals surface area contributed by atoms with Gasteiger partial charge in [-0.1, -0.05) is 51.1 Å². The second-order valence-electron chi connectivity index (χ2n) is 6.43. The Labute approximate surface area is 116 Å². The lowest BCUT2D eigenvalue weighted by atomic mass is 9.87. The molecule has 106 valence electrons. The Bertz CT molecular complexity index is 395. The van der Waals surface area contributed by atoms with Crippen LogP contribution in [0.5, 0.6) is 0 Å². The third-order valence-corrected chi connectivity index (χ3v) is 3.00. The second-order valence-corrected chi connectivity index (χ2v) is 6.43. The van der Waals surface area contributed by atoms with Crippen molar-refractivity contribution in [3.63, 3.8) is 0 Å². The maximum atomic E-state index is 11.9. The Morgan fingerprint density at radius 1 is 1.26 bits per heavy atom. The smallest absolute Gasteiger partial charge is 0.222 e. The molecule has 0 aliphatic heterocycles. The van der Waals surface area contributed by atoms with E-state index in [0.29, 0.717) is 6.42 Å². The van der Waals surface area contributed by atoms with E-state index in [9.17, 15) is 4.79 Å². The first-order chi connectivity index (χ1) is 8.78. The topological polar surface area (TPSA) is 55.1 Å². The lowest BCUT2D eigenvalue weighted by molar-refractivity contribution is -0.122. The van der Waals surface area contributed by atoms with Gasteiger partial charge in [-0.3, -0.25) is 4.79 Å². The fraction of sp³-hybridized carbons (Fsp3) is 0.562. The summed E-state index contributed by atoms with van der Waals surface area (Å²) in [7, 11) is 0. The van der Waals surface area contributed by atoms with Crippen LogP contribution < -0.4 is 11.1 Å². The molecule has 0 aromatic heterocycles. The number of rotatable bonds is 5. The minimum atomic E-state index is -0.0806. The Hall–Kier alpha value is -1.35. The highest BCUT2D eigenvalue weighted by Gasteiger charge is 2.19. The van der Waals surface area contributed by atoms with Crippen LogP contribution in [0.4, 0.5) is 0 Å². The molecule has 1 aromatic carbocycles. The van der Waals surface area contributed by atoms with Crippen LogP contribution >= 0.6 is 0 Å². The molecule has 1 unspecified atom stereocenters. The molecule has 0 heterocycles. The summed E-state index contributed by atoms with van der Waals surface area (Å²) in [4.78, 5) is 11.9. The molecular weight excluding hydrogens is 236 g/mol. The zero-order chi connectivity index (χ0) is 14.5. The van der Waals surface area contributed by atoms with Gasteiger partial charge in [0.05, 0.1) is 6.04 Å². The summed E-state index contributed by atoms with van der Waals surface area (Å²) in [6, 6.07) is 9.89. The predicted molar refractivity (Wildman–Crippen MR) is 79.7 cm³/mol. The van der Waals surface area contributed by atoms with E-state index in [2.05, 4.69) is 26.1 Å². The summed E-state index contributed by atoms with van der Waals surface area (Å²) >= 11 is 0. The van der Waals surface area contributed by atoms with Gasteiger partial charge in [0.15, 0.2) is 0 Å². The molecule has 0 spiro atoms. The third kappa shape index (κ3) is 6.39. The van der Waals surface area contributed by atoms with Crippen molar-refractivity contribution in [2.24, 2.45) is 11.1 Å². The summed E-state index contributed by atoms with van der Waals surface area (Å²) < 4.78 is 0. The maximum absolute atomic E-state index is 11.9. The summed E-state index contributed by atoms with van der Waals surface area (Å²) in [5.74, 6) is 0.0214. The Morgan fingerprint density at radius 2 is 1.84 bits per heavy atom. The molecule has 0 saturated carbocycles. The quantitative estimate of drug-likeness (QED) is 0.857. The van der Waals surface area contributed by atoms with Gasteiger partial charge >= 0.3 is 0 Å². The Balaban J connectivity index is 2.43. The average Bonchev–Trinajstić information content (AvgIpc) is 2.27. The van der Waals surface area contributed by atoms with E-state index in [1.165, 1.54) is 0 Å². The van der Waals surface area contributed by atoms with E-state index >= 15 is 0 Å². The molecule has 0 fully saturated rings. The number of nitrogens with one attached hydrogen (secondary N) is 1. The van der Waals surface area contributed by atoms with E-state index in [4.69, 9.17) is 5.73 Å². The van der Waals surface area contributed by atoms with Gasteiger partial charge in [-0.05, 0) is 24.3 Å². The van der Waals surface area contributed by atoms with Gasteiger partial charge in [-0.15, -0.1) is 0 Å². The van der Waals surface area contributed by atoms with E-state index in [-0.39, 0.29) is 23.4 Å². The highest BCUT2D eigenvalue weighted by atomic mass is 16.1. The third-order valence-electron chi connectivity index (χ3n) is 3.00. The van der Waals surface area contributed by atoms with E-state index < -0.39 is 0 Å². The van der Waals surface area contributed by atoms with Crippen LogP contribution in [0.2, 0.25) is 0 Å². The van der Waals surface area contributed by atoms with Crippen LogP contribution in [0.25, 0.3) is 0 Å². The molecular formula is C16H26N2O. The van der Waals surface area contributed by atoms with Gasteiger partial charge in [0.25, 0.3) is 0 Å². The maximum Gasteiger partial charge on any atom is 0.222 e. The molecule has 0 radical (unpaired) electrons. The van der Waals surface area contributed by atoms with Crippen molar-refractivity contribution >= 4 is 5.91 Å². The van der Waals surface area contributed by atoms with Crippen LogP contribution in [0, 0.1) is 5.41 Å². The van der Waals surface area contributed by atoms with Crippen LogP contribution in [-0.4, -0.2) is 11.9 Å². The molecule has 3 nitrogen and oxygen atoms in total. The second kappa shape index (κ2) is 6.71. The van der Waals surface area contributed by atoms with Crippen LogP contribution in [0.15, 0.2) is 30.3 Å². The zero-order valence-corrected chi connectivity index (χ0v) is 12.4. The lowest BCUT2D eigenvalue weighted by Gasteiger charge is -2.23. The molecule has 2 atom stereocenters. The predicted octanol–water partition coefficient (Wildman–Crippen LogP) is 3.02. The molecule has 3 N–H and O–H groups in total. The first-order valence-corrected chi connectivity index (χ1v) is 6.88. The fourth-order valence-electron chi connectivity index (χ4n) is 2.22. The van der Waals surface area contributed by atoms with Crippen molar-refractivity contribution in [2.75, 3.05) is 0 Å². The number of hydrogen-bond acceptors (Lipinski definition) is 2. The van der Waals surface area contributed by atoms with Crippen molar-refractivity contribution in [1.29, 1.82) is 0 Å². The highest BCUT2D eigenvalue weighted by Crippen LogP contribution is 2.21. The van der Waals surface area contributed by atoms with Crippen molar-refractivity contribution in [2.45, 2.75) is 52.6 Å². The first-order valence-electron chi connectivity index (χ1n) is 6.88. The monoisotopic (exact) mass is 262 g/mol. The molecule has 1 amide bonds. The number of nitrogens with two attached hydrogens (primary N) is 1. The largest absolute Gasteiger partial charge is 0.350 e. The zero-order valence-electron chi connectivity index (χ0n) is 12.4. The molecule has 1 aromatic rings. The van der Waals surface area contributed by atoms with Gasteiger partial charge in [-0.2, -0.15) is 0 Å². The molecule has 3 heteroatoms. The van der Waals surface area contributed by atoms with Crippen molar-refractivity contribution in [3.05, 3.63) is 35.9 Å². The van der Waals surface area contributed by atoms with Gasteiger partial charge in [0, 0.05) is 12.5 Å². The number of hydrogen-bond donors (Lipinski definition) is 2. The number of amides is 1. The van der Waals surface area contributed by atoms with E-state index in [1.54, 1.807) is 0 Å². The van der Waals surface area contributed by atoms with Gasteiger partial charge in [0.2, 0.25) is 5.91 Å². The molecule has 0 bridgehead atoms. The number of carbonyl (C=O) groups is 1. The standard InChI is InChI=1S/C16H26N2O/c1-12(13-8-6-5-7-9-13)18-15(19)10-14(17)11-16(2,3)4/h5-9,12,14H,10-11,17H2,1-4H3,(H,18,19)/t12-,14?/m1/s1. The number of carbonyl (C=O) groups excluding carboxylic acids is 1. The van der Waals surface area contributed by atoms with E-state index in [1.807, 2.05) is 37.3 Å². The number of benzene rings is 1. The SMILES string of the molecule is C[C@@H](NC(=O)CC(N)CC(C)(C)C)c1ccccc1. The summed E-state index contributed by atoms with van der Waals surface area (Å²) in [5.41, 5.74) is 7.28. The molecule has 0 saturated heterocycles. The van der Waals surface area contributed by atoms with E-state index in [0.717, 1.165) is 12.0 Å². The van der Waals surface area contributed by atoms with Gasteiger partial charge < -0.3 is 11.1 Å². The first kappa shape index (κ1) is 15.7. The lowest BCUT2D eigenvalue weighted by Crippen LogP contribution is -2.35. The van der Waals surface area contributed by atoms with Crippen LogP contribution in [-0.2, 0) is 4.79 Å². The summed E-state index contributed by atoms with van der Waals surface area (Å²) in [6.07, 6.45) is 1.23. The van der Waals surface area contributed by atoms with Crippen molar-refractivity contribution in [1.82, 2.24) is 5.32 Å². The Kier molecular flexibility index (Phi) is 5.55. The highest BCUT2D eigenvalue weighted by molar-refractivity contribution is 5.77. The molecule has 19 heavy (non-hydrogen) atoms. The normalized spacial score (nSPS) is 14.8. The van der Waals surface area contributed by atoms with Crippen molar-refractivity contribution in [3.8, 4) is 0 Å². The summed E-state index contributed by atoms with van der Waals surface area (Å²) in [5, 5.41) is 2.99. The molecule has 1 rings (SSSR count). The molecule has 0 aliphatic rings.